The highest BCUT2D eigenvalue weighted by molar-refractivity contribution is 7.92. The van der Waals surface area contributed by atoms with Crippen LogP contribution < -0.4 is 19.3 Å². The number of carbonyl (C=O) groups excluding carboxylic acids is 1. The van der Waals surface area contributed by atoms with E-state index in [2.05, 4.69) is 41.4 Å². The Bertz CT molecular complexity index is 1060. The third kappa shape index (κ3) is 6.88. The van der Waals surface area contributed by atoms with Gasteiger partial charge in [-0.2, -0.15) is 0 Å². The minimum atomic E-state index is -3.51. The molecule has 186 valence electrons. The van der Waals surface area contributed by atoms with Gasteiger partial charge in [-0.1, -0.05) is 31.2 Å². The van der Waals surface area contributed by atoms with Crippen molar-refractivity contribution >= 4 is 27.3 Å². The van der Waals surface area contributed by atoms with E-state index in [0.717, 1.165) is 24.9 Å². The Labute approximate surface area is 204 Å². The molecule has 8 heteroatoms. The molecule has 1 fully saturated rings. The van der Waals surface area contributed by atoms with Crippen LogP contribution in [0.2, 0.25) is 0 Å². The number of para-hydroxylation sites is 2. The summed E-state index contributed by atoms with van der Waals surface area (Å²) in [5.41, 5.74) is 2.75. The highest BCUT2D eigenvalue weighted by Crippen LogP contribution is 2.30. The molecule has 1 heterocycles. The molecular formula is C26H37N3O4S. The molecule has 1 N–H and O–H groups in total. The molecule has 1 aliphatic rings. The summed E-state index contributed by atoms with van der Waals surface area (Å²) in [4.78, 5) is 15.0. The molecule has 1 amide bonds. The van der Waals surface area contributed by atoms with Crippen LogP contribution in [0.3, 0.4) is 0 Å². The van der Waals surface area contributed by atoms with Crippen LogP contribution in [0, 0.1) is 5.92 Å². The topological polar surface area (TPSA) is 79.0 Å². The van der Waals surface area contributed by atoms with Crippen LogP contribution in [0.4, 0.5) is 11.4 Å². The number of hydrogen-bond donors (Lipinski definition) is 1. The maximum absolute atomic E-state index is 12.6. The number of methoxy groups -OCH3 is 1. The lowest BCUT2D eigenvalue weighted by molar-refractivity contribution is -0.121. The Balaban J connectivity index is 1.53. The standard InChI is InChI=1S/C26H37N3O4S/c1-20-9-7-17-28(19-20)23-15-13-22(14-16-23)21(2)27-26(30)12-8-18-29(34(4,31)32)24-10-5-6-11-25(24)33-3/h5-6,10-11,13-16,20-21H,7-9,12,17-19H2,1-4H3,(H,27,30)/t20-,21+/m0/s1. The third-order valence-corrected chi connectivity index (χ3v) is 7.49. The largest absolute Gasteiger partial charge is 0.495 e. The van der Waals surface area contributed by atoms with Crippen LogP contribution in [0.25, 0.3) is 0 Å². The van der Waals surface area contributed by atoms with Crippen LogP contribution in [-0.2, 0) is 14.8 Å². The van der Waals surface area contributed by atoms with E-state index in [1.165, 1.54) is 29.9 Å². The fraction of sp³-hybridized carbons (Fsp3) is 0.500. The fourth-order valence-corrected chi connectivity index (χ4v) is 5.45. The molecule has 0 aromatic heterocycles. The number of rotatable bonds is 10. The highest BCUT2D eigenvalue weighted by atomic mass is 32.2. The van der Waals surface area contributed by atoms with E-state index in [-0.39, 0.29) is 24.9 Å². The molecule has 3 rings (SSSR count). The summed E-state index contributed by atoms with van der Waals surface area (Å²) >= 11 is 0. The van der Waals surface area contributed by atoms with Crippen molar-refractivity contribution in [3.63, 3.8) is 0 Å². The maximum atomic E-state index is 12.6. The first-order valence-corrected chi connectivity index (χ1v) is 13.8. The zero-order valence-corrected chi connectivity index (χ0v) is 21.5. The molecule has 0 aliphatic carbocycles. The van der Waals surface area contributed by atoms with Crippen LogP contribution in [-0.4, -0.2) is 47.3 Å². The summed E-state index contributed by atoms with van der Waals surface area (Å²) in [6, 6.07) is 15.3. The van der Waals surface area contributed by atoms with Gasteiger partial charge in [-0.15, -0.1) is 0 Å². The van der Waals surface area contributed by atoms with E-state index in [1.807, 2.05) is 6.92 Å². The van der Waals surface area contributed by atoms with Crippen LogP contribution >= 0.6 is 0 Å². The fourth-order valence-electron chi connectivity index (χ4n) is 4.48. The molecular weight excluding hydrogens is 450 g/mol. The Morgan fingerprint density at radius 3 is 2.56 bits per heavy atom. The lowest BCUT2D eigenvalue weighted by atomic mass is 9.99. The average Bonchev–Trinajstić information content (AvgIpc) is 2.81. The van der Waals surface area contributed by atoms with Gasteiger partial charge in [-0.3, -0.25) is 9.10 Å². The van der Waals surface area contributed by atoms with E-state index in [0.29, 0.717) is 23.8 Å². The van der Waals surface area contributed by atoms with Gasteiger partial charge in [0.05, 0.1) is 25.1 Å². The molecule has 34 heavy (non-hydrogen) atoms. The average molecular weight is 488 g/mol. The van der Waals surface area contributed by atoms with Gasteiger partial charge in [0, 0.05) is 31.7 Å². The smallest absolute Gasteiger partial charge is 0.232 e. The predicted octanol–water partition coefficient (Wildman–Crippen LogP) is 4.36. The van der Waals surface area contributed by atoms with Crippen LogP contribution in [0.15, 0.2) is 48.5 Å². The second kappa shape index (κ2) is 11.6. The summed E-state index contributed by atoms with van der Waals surface area (Å²) in [5, 5.41) is 3.03. The second-order valence-electron chi connectivity index (χ2n) is 9.18. The zero-order valence-electron chi connectivity index (χ0n) is 20.7. The minimum Gasteiger partial charge on any atom is -0.495 e. The van der Waals surface area contributed by atoms with Crippen molar-refractivity contribution in [3.05, 3.63) is 54.1 Å². The van der Waals surface area contributed by atoms with Crippen molar-refractivity contribution in [2.45, 2.75) is 45.6 Å². The first-order valence-electron chi connectivity index (χ1n) is 11.9. The summed E-state index contributed by atoms with van der Waals surface area (Å²) in [7, 11) is -2.01. The monoisotopic (exact) mass is 487 g/mol. The minimum absolute atomic E-state index is 0.102. The van der Waals surface area contributed by atoms with Crippen LogP contribution in [0.1, 0.15) is 51.1 Å². The van der Waals surface area contributed by atoms with E-state index in [4.69, 9.17) is 4.74 Å². The normalized spacial score (nSPS) is 17.2. The maximum Gasteiger partial charge on any atom is 0.232 e. The molecule has 7 nitrogen and oxygen atoms in total. The van der Waals surface area contributed by atoms with Crippen molar-refractivity contribution in [1.29, 1.82) is 0 Å². The Morgan fingerprint density at radius 2 is 1.91 bits per heavy atom. The number of carbonyl (C=O) groups is 1. The van der Waals surface area contributed by atoms with Crippen molar-refractivity contribution in [2.24, 2.45) is 5.92 Å². The lowest BCUT2D eigenvalue weighted by Crippen LogP contribution is -2.34. The lowest BCUT2D eigenvalue weighted by Gasteiger charge is -2.33. The molecule has 0 radical (unpaired) electrons. The SMILES string of the molecule is COc1ccccc1N(CCCC(=O)N[C@H](C)c1ccc(N2CCC[C@H](C)C2)cc1)S(C)(=O)=O. The summed E-state index contributed by atoms with van der Waals surface area (Å²) in [6.45, 7) is 6.64. The number of hydrogen-bond acceptors (Lipinski definition) is 5. The predicted molar refractivity (Wildman–Crippen MR) is 138 cm³/mol. The number of piperidine rings is 1. The quantitative estimate of drug-likeness (QED) is 0.539. The molecule has 0 unspecified atom stereocenters. The van der Waals surface area contributed by atoms with Gasteiger partial charge in [0.1, 0.15) is 5.75 Å². The Kier molecular flexibility index (Phi) is 8.83. The number of amides is 1. The first-order chi connectivity index (χ1) is 16.2. The number of nitrogens with one attached hydrogen (secondary N) is 1. The van der Waals surface area contributed by atoms with Crippen molar-refractivity contribution in [2.75, 3.05) is 42.2 Å². The van der Waals surface area contributed by atoms with Gasteiger partial charge in [0.25, 0.3) is 0 Å². The first kappa shape index (κ1) is 25.9. The molecule has 2 aromatic carbocycles. The summed E-state index contributed by atoms with van der Waals surface area (Å²) < 4.78 is 31.3. The number of ether oxygens (including phenoxy) is 1. The molecule has 1 aliphatic heterocycles. The molecule has 0 bridgehead atoms. The Hall–Kier alpha value is -2.74. The van der Waals surface area contributed by atoms with Crippen molar-refractivity contribution in [1.82, 2.24) is 5.32 Å². The molecule has 2 atom stereocenters. The van der Waals surface area contributed by atoms with Gasteiger partial charge in [-0.25, -0.2) is 8.42 Å². The number of nitrogens with zero attached hydrogens (tertiary/aromatic N) is 2. The number of anilines is 2. The number of sulfonamides is 1. The molecule has 2 aromatic rings. The highest BCUT2D eigenvalue weighted by Gasteiger charge is 2.21. The molecule has 1 saturated heterocycles. The zero-order chi connectivity index (χ0) is 24.7. The summed E-state index contributed by atoms with van der Waals surface area (Å²) in [5.74, 6) is 1.09. The van der Waals surface area contributed by atoms with E-state index >= 15 is 0 Å². The van der Waals surface area contributed by atoms with Gasteiger partial charge >= 0.3 is 0 Å². The Morgan fingerprint density at radius 1 is 1.21 bits per heavy atom. The number of benzene rings is 2. The van der Waals surface area contributed by atoms with Crippen molar-refractivity contribution < 1.29 is 17.9 Å². The second-order valence-corrected chi connectivity index (χ2v) is 11.1. The van der Waals surface area contributed by atoms with Gasteiger partial charge in [-0.05, 0) is 61.9 Å². The summed E-state index contributed by atoms with van der Waals surface area (Å²) in [6.07, 6.45) is 4.31. The van der Waals surface area contributed by atoms with E-state index in [1.54, 1.807) is 24.3 Å². The third-order valence-electron chi connectivity index (χ3n) is 6.31. The van der Waals surface area contributed by atoms with Crippen molar-refractivity contribution in [3.8, 4) is 5.75 Å². The van der Waals surface area contributed by atoms with Crippen LogP contribution in [0.5, 0.6) is 5.75 Å². The van der Waals surface area contributed by atoms with Gasteiger partial charge in [0.2, 0.25) is 15.9 Å². The van der Waals surface area contributed by atoms with E-state index in [9.17, 15) is 13.2 Å². The van der Waals surface area contributed by atoms with Gasteiger partial charge < -0.3 is 15.0 Å². The van der Waals surface area contributed by atoms with Gasteiger partial charge in [0.15, 0.2) is 0 Å². The van der Waals surface area contributed by atoms with E-state index < -0.39 is 10.0 Å². The molecule has 0 saturated carbocycles. The molecule has 0 spiro atoms.